The lowest BCUT2D eigenvalue weighted by Gasteiger charge is -2.05. The average molecular weight is 260 g/mol. The van der Waals surface area contributed by atoms with Crippen LogP contribution < -0.4 is 0 Å². The molecule has 0 bridgehead atoms. The van der Waals surface area contributed by atoms with Crippen molar-refractivity contribution >= 4 is 5.78 Å². The Hall–Kier alpha value is -1.97. The minimum absolute atomic E-state index is 0.125. The second kappa shape index (κ2) is 5.34. The quantitative estimate of drug-likeness (QED) is 0.790. The molecule has 0 aliphatic heterocycles. The van der Waals surface area contributed by atoms with Gasteiger partial charge in [-0.2, -0.15) is 5.10 Å². The second-order valence-corrected chi connectivity index (χ2v) is 4.92. The van der Waals surface area contributed by atoms with Gasteiger partial charge in [-0.05, 0) is 38.5 Å². The molecule has 1 heterocycles. The number of aromatic nitrogens is 2. The second-order valence-electron chi connectivity index (χ2n) is 4.92. The van der Waals surface area contributed by atoms with Gasteiger partial charge < -0.3 is 0 Å². The molecular weight excluding hydrogens is 243 g/mol. The molecule has 2 aromatic rings. The zero-order valence-corrected chi connectivity index (χ0v) is 11.4. The molecule has 1 aromatic carbocycles. The predicted molar refractivity (Wildman–Crippen MR) is 71.8 cm³/mol. The summed E-state index contributed by atoms with van der Waals surface area (Å²) >= 11 is 0. The van der Waals surface area contributed by atoms with Crippen molar-refractivity contribution in [1.29, 1.82) is 0 Å². The molecule has 0 aliphatic rings. The fourth-order valence-corrected chi connectivity index (χ4v) is 1.88. The summed E-state index contributed by atoms with van der Waals surface area (Å²) in [7, 11) is 0. The van der Waals surface area contributed by atoms with Crippen LogP contribution in [0, 0.1) is 12.7 Å². The molecule has 3 nitrogen and oxygen atoms in total. The molecule has 0 saturated heterocycles. The number of hydrogen-bond donors (Lipinski definition) is 0. The van der Waals surface area contributed by atoms with Crippen molar-refractivity contribution in [2.75, 3.05) is 0 Å². The fourth-order valence-electron chi connectivity index (χ4n) is 1.88. The molecule has 19 heavy (non-hydrogen) atoms. The van der Waals surface area contributed by atoms with Crippen LogP contribution in [0.5, 0.6) is 0 Å². The van der Waals surface area contributed by atoms with E-state index in [4.69, 9.17) is 0 Å². The first-order valence-electron chi connectivity index (χ1n) is 6.31. The summed E-state index contributed by atoms with van der Waals surface area (Å²) in [4.78, 5) is 12.1. The first-order valence-corrected chi connectivity index (χ1v) is 6.31. The minimum atomic E-state index is -0.434. The number of carbonyl (C=O) groups is 1. The summed E-state index contributed by atoms with van der Waals surface area (Å²) in [6.07, 6.45) is 1.96. The number of aryl methyl sites for hydroxylation is 1. The fraction of sp³-hybridized carbons (Fsp3) is 0.333. The third kappa shape index (κ3) is 2.89. The highest BCUT2D eigenvalue weighted by atomic mass is 19.1. The molecule has 0 fully saturated rings. The molecular formula is C15H17FN2O. The maximum atomic E-state index is 13.8. The smallest absolute Gasteiger partial charge is 0.171 e. The lowest BCUT2D eigenvalue weighted by Crippen LogP contribution is -2.09. The molecule has 0 radical (unpaired) electrons. The van der Waals surface area contributed by atoms with Gasteiger partial charge >= 0.3 is 0 Å². The highest BCUT2D eigenvalue weighted by Gasteiger charge is 2.15. The van der Waals surface area contributed by atoms with Crippen LogP contribution in [0.3, 0.4) is 0 Å². The third-order valence-corrected chi connectivity index (χ3v) is 3.03. The maximum absolute atomic E-state index is 13.8. The van der Waals surface area contributed by atoms with E-state index in [1.807, 2.05) is 20.0 Å². The number of rotatable bonds is 4. The molecule has 0 atom stereocenters. The summed E-state index contributed by atoms with van der Waals surface area (Å²) in [6, 6.07) is 6.91. The molecule has 100 valence electrons. The SMILES string of the molecule is Cc1cccc(C(=O)Cc2ccn(C(C)C)n2)c1F. The van der Waals surface area contributed by atoms with Crippen LogP contribution in [0.2, 0.25) is 0 Å². The summed E-state index contributed by atoms with van der Waals surface area (Å²) < 4.78 is 15.6. The van der Waals surface area contributed by atoms with E-state index in [1.165, 1.54) is 6.07 Å². The molecule has 0 unspecified atom stereocenters. The molecule has 0 amide bonds. The number of benzene rings is 1. The van der Waals surface area contributed by atoms with Crippen LogP contribution in [0.1, 0.15) is 41.5 Å². The Morgan fingerprint density at radius 1 is 1.37 bits per heavy atom. The number of carbonyl (C=O) groups excluding carboxylic acids is 1. The molecule has 2 rings (SSSR count). The van der Waals surface area contributed by atoms with E-state index >= 15 is 0 Å². The highest BCUT2D eigenvalue weighted by Crippen LogP contribution is 2.15. The molecule has 0 N–H and O–H groups in total. The van der Waals surface area contributed by atoms with Crippen molar-refractivity contribution in [3.05, 3.63) is 53.1 Å². The van der Waals surface area contributed by atoms with E-state index < -0.39 is 5.82 Å². The van der Waals surface area contributed by atoms with Gasteiger partial charge in [0, 0.05) is 12.2 Å². The van der Waals surface area contributed by atoms with Crippen LogP contribution in [-0.4, -0.2) is 15.6 Å². The predicted octanol–water partition coefficient (Wildman–Crippen LogP) is 3.34. The third-order valence-electron chi connectivity index (χ3n) is 3.03. The average Bonchev–Trinajstić information content (AvgIpc) is 2.81. The van der Waals surface area contributed by atoms with Crippen LogP contribution in [0.15, 0.2) is 30.5 Å². The van der Waals surface area contributed by atoms with Crippen molar-refractivity contribution < 1.29 is 9.18 Å². The van der Waals surface area contributed by atoms with Crippen molar-refractivity contribution in [3.8, 4) is 0 Å². The van der Waals surface area contributed by atoms with Gasteiger partial charge in [0.1, 0.15) is 5.82 Å². The normalized spacial score (nSPS) is 11.0. The van der Waals surface area contributed by atoms with Gasteiger partial charge in [-0.15, -0.1) is 0 Å². The Morgan fingerprint density at radius 3 is 2.74 bits per heavy atom. The van der Waals surface area contributed by atoms with Gasteiger partial charge in [-0.1, -0.05) is 12.1 Å². The van der Waals surface area contributed by atoms with E-state index in [0.717, 1.165) is 0 Å². The Kier molecular flexibility index (Phi) is 3.79. The number of hydrogen-bond acceptors (Lipinski definition) is 2. The highest BCUT2D eigenvalue weighted by molar-refractivity contribution is 5.97. The summed E-state index contributed by atoms with van der Waals surface area (Å²) in [5.41, 5.74) is 1.29. The van der Waals surface area contributed by atoms with Gasteiger partial charge in [0.2, 0.25) is 0 Å². The van der Waals surface area contributed by atoms with E-state index in [0.29, 0.717) is 11.3 Å². The Morgan fingerprint density at radius 2 is 2.11 bits per heavy atom. The minimum Gasteiger partial charge on any atom is -0.294 e. The van der Waals surface area contributed by atoms with E-state index in [2.05, 4.69) is 5.10 Å². The van der Waals surface area contributed by atoms with Crippen LogP contribution in [0.4, 0.5) is 4.39 Å². The first-order chi connectivity index (χ1) is 8.99. The maximum Gasteiger partial charge on any atom is 0.171 e. The standard InChI is InChI=1S/C15H17FN2O/c1-10(2)18-8-7-12(17-18)9-14(19)13-6-4-5-11(3)15(13)16/h4-8,10H,9H2,1-3H3. The topological polar surface area (TPSA) is 34.9 Å². The lowest BCUT2D eigenvalue weighted by atomic mass is 10.0. The van der Waals surface area contributed by atoms with E-state index in [-0.39, 0.29) is 23.8 Å². The molecule has 0 saturated carbocycles. The van der Waals surface area contributed by atoms with Crippen molar-refractivity contribution in [1.82, 2.24) is 9.78 Å². The van der Waals surface area contributed by atoms with Crippen LogP contribution in [0.25, 0.3) is 0 Å². The Bertz CT molecular complexity index is 602. The van der Waals surface area contributed by atoms with Crippen molar-refractivity contribution in [2.45, 2.75) is 33.2 Å². The molecule has 1 aromatic heterocycles. The zero-order valence-electron chi connectivity index (χ0n) is 11.4. The van der Waals surface area contributed by atoms with Crippen LogP contribution in [-0.2, 0) is 6.42 Å². The molecule has 0 aliphatic carbocycles. The van der Waals surface area contributed by atoms with Crippen LogP contribution >= 0.6 is 0 Å². The molecule has 4 heteroatoms. The number of halogens is 1. The summed E-state index contributed by atoms with van der Waals surface area (Å²) in [5.74, 6) is -0.675. The van der Waals surface area contributed by atoms with Gasteiger partial charge in [0.15, 0.2) is 5.78 Å². The number of nitrogens with zero attached hydrogens (tertiary/aromatic N) is 2. The summed E-state index contributed by atoms with van der Waals surface area (Å²) in [6.45, 7) is 5.68. The lowest BCUT2D eigenvalue weighted by molar-refractivity contribution is 0.0987. The number of Topliss-reactive ketones (excluding diaryl/α,β-unsaturated/α-hetero) is 1. The zero-order chi connectivity index (χ0) is 14.0. The number of ketones is 1. The van der Waals surface area contributed by atoms with Crippen molar-refractivity contribution in [3.63, 3.8) is 0 Å². The van der Waals surface area contributed by atoms with E-state index in [1.54, 1.807) is 29.8 Å². The first kappa shape index (κ1) is 13.5. The van der Waals surface area contributed by atoms with Gasteiger partial charge in [0.05, 0.1) is 17.7 Å². The largest absolute Gasteiger partial charge is 0.294 e. The Balaban J connectivity index is 2.18. The monoisotopic (exact) mass is 260 g/mol. The van der Waals surface area contributed by atoms with Gasteiger partial charge in [-0.25, -0.2) is 4.39 Å². The van der Waals surface area contributed by atoms with Gasteiger partial charge in [0.25, 0.3) is 0 Å². The summed E-state index contributed by atoms with van der Waals surface area (Å²) in [5, 5.41) is 4.30. The molecule has 0 spiro atoms. The Labute approximate surface area is 112 Å². The van der Waals surface area contributed by atoms with Crippen molar-refractivity contribution in [2.24, 2.45) is 0 Å². The van der Waals surface area contributed by atoms with E-state index in [9.17, 15) is 9.18 Å². The van der Waals surface area contributed by atoms with Gasteiger partial charge in [-0.3, -0.25) is 9.48 Å².